The van der Waals surface area contributed by atoms with E-state index in [1.807, 2.05) is 0 Å². The van der Waals surface area contributed by atoms with Crippen LogP contribution < -0.4 is 5.32 Å². The van der Waals surface area contributed by atoms with Crippen LogP contribution in [0, 0.1) is 0 Å². The minimum absolute atomic E-state index is 0.174. The summed E-state index contributed by atoms with van der Waals surface area (Å²) in [5, 5.41) is 14.5. The third-order valence-corrected chi connectivity index (χ3v) is 6.18. The minimum Gasteiger partial charge on any atom is -0.383 e. The highest BCUT2D eigenvalue weighted by atomic mass is 16.3. The van der Waals surface area contributed by atoms with E-state index in [1.54, 1.807) is 0 Å². The quantitative estimate of drug-likeness (QED) is 0.673. The lowest BCUT2D eigenvalue weighted by Crippen LogP contribution is -2.69. The third-order valence-electron chi connectivity index (χ3n) is 6.18. The highest BCUT2D eigenvalue weighted by Crippen LogP contribution is 2.46. The van der Waals surface area contributed by atoms with Crippen molar-refractivity contribution in [3.63, 3.8) is 0 Å². The van der Waals surface area contributed by atoms with Crippen LogP contribution in [0.2, 0.25) is 0 Å². The van der Waals surface area contributed by atoms with Gasteiger partial charge in [-0.1, -0.05) is 24.3 Å². The second kappa shape index (κ2) is 5.16. The molecule has 1 saturated heterocycles. The Hall–Kier alpha value is -1.68. The van der Waals surface area contributed by atoms with Crippen LogP contribution in [-0.2, 0) is 0 Å². The molecular weight excluding hydrogens is 296 g/mol. The smallest absolute Gasteiger partial charge is 0.148 e. The predicted molar refractivity (Wildman–Crippen MR) is 95.8 cm³/mol. The maximum absolute atomic E-state index is 10.9. The van der Waals surface area contributed by atoms with E-state index in [4.69, 9.17) is 0 Å². The lowest BCUT2D eigenvalue weighted by molar-refractivity contribution is -0.876. The molecule has 0 aromatic heterocycles. The Bertz CT molecular complexity index is 780. The standard InChI is InChI=1S/C21H25N2O/c1-14-12-23-13-18-6-3-2-5-15(18)9-16-7-4-8-17(21(16)23)10-20(24)19(23)11-22-14/h2,4-5,8-10,13-14,19-20,22,24H,3,6-7,11-12H2,1H3/q+1. The molecule has 3 heterocycles. The van der Waals surface area contributed by atoms with Crippen LogP contribution in [0.25, 0.3) is 0 Å². The largest absolute Gasteiger partial charge is 0.383 e. The molecule has 1 fully saturated rings. The predicted octanol–water partition coefficient (Wildman–Crippen LogP) is 2.85. The van der Waals surface area contributed by atoms with Gasteiger partial charge in [-0.05, 0) is 43.9 Å². The lowest BCUT2D eigenvalue weighted by atomic mass is 9.85. The number of aliphatic hydroxyl groups excluding tert-OH is 1. The molecule has 0 saturated carbocycles. The van der Waals surface area contributed by atoms with Crippen molar-refractivity contribution in [1.82, 2.24) is 5.32 Å². The number of allylic oxidation sites excluding steroid dienone is 8. The normalized spacial score (nSPS) is 39.9. The van der Waals surface area contributed by atoms with Crippen molar-refractivity contribution in [2.24, 2.45) is 0 Å². The van der Waals surface area contributed by atoms with E-state index < -0.39 is 6.10 Å². The van der Waals surface area contributed by atoms with Gasteiger partial charge in [-0.25, -0.2) is 0 Å². The summed E-state index contributed by atoms with van der Waals surface area (Å²) in [6.07, 6.45) is 18.8. The Morgan fingerprint density at radius 3 is 3.00 bits per heavy atom. The molecule has 24 heavy (non-hydrogen) atoms. The SMILES string of the molecule is CC1C[N+]23C=C4CCC=CC4=CC4=C2C(=CC(O)C3CN1)C=CC4. The maximum atomic E-state index is 10.9. The van der Waals surface area contributed by atoms with Crippen LogP contribution >= 0.6 is 0 Å². The van der Waals surface area contributed by atoms with Crippen molar-refractivity contribution in [1.29, 1.82) is 0 Å². The van der Waals surface area contributed by atoms with Crippen molar-refractivity contribution in [2.75, 3.05) is 13.1 Å². The van der Waals surface area contributed by atoms with Crippen LogP contribution in [-0.4, -0.2) is 40.9 Å². The second-order valence-corrected chi connectivity index (χ2v) is 7.78. The van der Waals surface area contributed by atoms with E-state index in [1.165, 1.54) is 28.0 Å². The number of quaternary nitrogens is 1. The van der Waals surface area contributed by atoms with E-state index in [0.29, 0.717) is 6.04 Å². The molecule has 5 rings (SSSR count). The number of piperazine rings is 1. The molecular formula is C21H25N2O+. The number of rotatable bonds is 0. The fraction of sp³-hybridized carbons (Fsp3) is 0.429. The van der Waals surface area contributed by atoms with Gasteiger partial charge in [0.2, 0.25) is 0 Å². The lowest BCUT2D eigenvalue weighted by Gasteiger charge is -2.52. The number of hydrogen-bond acceptors (Lipinski definition) is 2. The van der Waals surface area contributed by atoms with Gasteiger partial charge < -0.3 is 10.4 Å². The summed E-state index contributed by atoms with van der Waals surface area (Å²) in [5.41, 5.74) is 6.93. The number of nitrogens with zero attached hydrogens (tertiary/aromatic N) is 1. The summed E-state index contributed by atoms with van der Waals surface area (Å²) in [6.45, 7) is 4.15. The summed E-state index contributed by atoms with van der Waals surface area (Å²) >= 11 is 0. The van der Waals surface area contributed by atoms with Crippen molar-refractivity contribution < 1.29 is 9.59 Å². The highest BCUT2D eigenvalue weighted by Gasteiger charge is 2.52. The second-order valence-electron chi connectivity index (χ2n) is 7.78. The van der Waals surface area contributed by atoms with Gasteiger partial charge in [-0.3, -0.25) is 4.48 Å². The zero-order chi connectivity index (χ0) is 16.3. The zero-order valence-electron chi connectivity index (χ0n) is 14.2. The molecule has 0 aromatic carbocycles. The Morgan fingerprint density at radius 2 is 2.08 bits per heavy atom. The zero-order valence-corrected chi connectivity index (χ0v) is 14.2. The number of fused-ring (bicyclic) bond motifs is 1. The highest BCUT2D eigenvalue weighted by molar-refractivity contribution is 5.56. The van der Waals surface area contributed by atoms with E-state index in [9.17, 15) is 5.11 Å². The molecule has 5 aliphatic rings. The summed E-state index contributed by atoms with van der Waals surface area (Å²) < 4.78 is 0.823. The van der Waals surface area contributed by atoms with Gasteiger partial charge in [0.25, 0.3) is 0 Å². The first kappa shape index (κ1) is 14.6. The number of hydrogen-bond donors (Lipinski definition) is 2. The fourth-order valence-corrected chi connectivity index (χ4v) is 5.19. The molecule has 0 amide bonds. The third kappa shape index (κ3) is 1.95. The van der Waals surface area contributed by atoms with Gasteiger partial charge in [0.1, 0.15) is 30.6 Å². The van der Waals surface area contributed by atoms with E-state index in [0.717, 1.165) is 36.8 Å². The van der Waals surface area contributed by atoms with Crippen LogP contribution in [0.15, 0.2) is 70.6 Å². The first-order valence-corrected chi connectivity index (χ1v) is 9.19. The first-order chi connectivity index (χ1) is 11.7. The molecule has 3 heteroatoms. The van der Waals surface area contributed by atoms with E-state index in [-0.39, 0.29) is 6.04 Å². The minimum atomic E-state index is -0.398. The van der Waals surface area contributed by atoms with Crippen LogP contribution in [0.3, 0.4) is 0 Å². The molecule has 0 bridgehead atoms. The molecule has 0 aromatic rings. The van der Waals surface area contributed by atoms with Crippen LogP contribution in [0.1, 0.15) is 26.2 Å². The Morgan fingerprint density at radius 1 is 1.21 bits per heavy atom. The van der Waals surface area contributed by atoms with Gasteiger partial charge in [-0.15, -0.1) is 0 Å². The van der Waals surface area contributed by atoms with Crippen molar-refractivity contribution in [3.8, 4) is 0 Å². The van der Waals surface area contributed by atoms with E-state index in [2.05, 4.69) is 54.9 Å². The molecule has 4 unspecified atom stereocenters. The van der Waals surface area contributed by atoms with Gasteiger partial charge in [0, 0.05) is 16.7 Å². The Labute approximate surface area is 143 Å². The molecule has 2 aliphatic carbocycles. The van der Waals surface area contributed by atoms with Crippen LogP contribution in [0.4, 0.5) is 0 Å². The average molecular weight is 321 g/mol. The summed E-state index contributed by atoms with van der Waals surface area (Å²) in [7, 11) is 0. The van der Waals surface area contributed by atoms with Crippen molar-refractivity contribution in [3.05, 3.63) is 70.6 Å². The molecule has 1 spiro atoms. The first-order valence-electron chi connectivity index (χ1n) is 9.19. The van der Waals surface area contributed by atoms with Gasteiger partial charge >= 0.3 is 0 Å². The van der Waals surface area contributed by atoms with Crippen molar-refractivity contribution >= 4 is 0 Å². The summed E-state index contributed by atoms with van der Waals surface area (Å²) in [4.78, 5) is 0. The summed E-state index contributed by atoms with van der Waals surface area (Å²) in [6, 6.07) is 0.623. The topological polar surface area (TPSA) is 32.3 Å². The Kier molecular flexibility index (Phi) is 3.15. The van der Waals surface area contributed by atoms with E-state index >= 15 is 0 Å². The maximum Gasteiger partial charge on any atom is 0.148 e. The van der Waals surface area contributed by atoms with Gasteiger partial charge in [-0.2, -0.15) is 0 Å². The summed E-state index contributed by atoms with van der Waals surface area (Å²) in [5.74, 6) is 0. The van der Waals surface area contributed by atoms with Crippen LogP contribution in [0.5, 0.6) is 0 Å². The number of nitrogens with one attached hydrogen (secondary N) is 1. The molecule has 124 valence electrons. The van der Waals surface area contributed by atoms with Gasteiger partial charge in [0.05, 0.1) is 12.6 Å². The molecule has 4 atom stereocenters. The average Bonchev–Trinajstić information content (AvgIpc) is 2.69. The molecule has 3 nitrogen and oxygen atoms in total. The molecule has 2 N–H and O–H groups in total. The molecule has 0 radical (unpaired) electrons. The molecule has 3 aliphatic heterocycles. The number of aliphatic hydroxyl groups is 1. The van der Waals surface area contributed by atoms with Gasteiger partial charge in [0.15, 0.2) is 0 Å². The monoisotopic (exact) mass is 321 g/mol. The fourth-order valence-electron chi connectivity index (χ4n) is 5.19. The van der Waals surface area contributed by atoms with Crippen molar-refractivity contribution in [2.45, 2.75) is 44.4 Å². The Balaban J connectivity index is 1.80.